The molecule has 2 rings (SSSR count). The number of amides is 1. The van der Waals surface area contributed by atoms with E-state index in [4.69, 9.17) is 5.73 Å². The molecule has 1 aromatic carbocycles. The van der Waals surface area contributed by atoms with Crippen LogP contribution < -0.4 is 11.1 Å². The van der Waals surface area contributed by atoms with Crippen LogP contribution in [0.2, 0.25) is 0 Å². The molecule has 1 saturated carbocycles. The first-order chi connectivity index (χ1) is 9.69. The largest absolute Gasteiger partial charge is 0.356 e. The summed E-state index contributed by atoms with van der Waals surface area (Å²) in [4.78, 5) is 12.0. The molecule has 0 unspecified atom stereocenters. The number of hydrogen-bond acceptors (Lipinski definition) is 2. The first-order valence-electron chi connectivity index (χ1n) is 7.41. The molecule has 3 nitrogen and oxygen atoms in total. The molecule has 1 amide bonds. The predicted octanol–water partition coefficient (Wildman–Crippen LogP) is 2.25. The van der Waals surface area contributed by atoms with Crippen molar-refractivity contribution in [1.29, 1.82) is 0 Å². The van der Waals surface area contributed by atoms with Gasteiger partial charge in [-0.2, -0.15) is 0 Å². The highest BCUT2D eigenvalue weighted by Gasteiger charge is 2.25. The van der Waals surface area contributed by atoms with Crippen molar-refractivity contribution in [1.82, 2.24) is 5.32 Å². The number of hydrogen-bond donors (Lipinski definition) is 2. The lowest BCUT2D eigenvalue weighted by Crippen LogP contribution is -2.35. The van der Waals surface area contributed by atoms with E-state index < -0.39 is 0 Å². The number of nitrogens with two attached hydrogens (primary N) is 1. The standard InChI is InChI=1S/C16H23FN2O/c17-15-7-3-12(4-8-15)9-10-19-16(20)14-5-1-13(11-18)2-6-14/h3-4,7-8,13-14H,1-2,5-6,9-11,18H2,(H,19,20). The Hall–Kier alpha value is -1.42. The normalized spacial score (nSPS) is 22.5. The van der Waals surface area contributed by atoms with Gasteiger partial charge in [-0.1, -0.05) is 12.1 Å². The number of nitrogens with one attached hydrogen (secondary N) is 1. The van der Waals surface area contributed by atoms with Gasteiger partial charge in [0.1, 0.15) is 5.82 Å². The summed E-state index contributed by atoms with van der Waals surface area (Å²) in [5.41, 5.74) is 6.69. The molecule has 20 heavy (non-hydrogen) atoms. The van der Waals surface area contributed by atoms with Crippen LogP contribution in [0, 0.1) is 17.7 Å². The minimum absolute atomic E-state index is 0.144. The lowest BCUT2D eigenvalue weighted by Gasteiger charge is -2.26. The average molecular weight is 278 g/mol. The molecule has 0 heterocycles. The van der Waals surface area contributed by atoms with Crippen LogP contribution >= 0.6 is 0 Å². The van der Waals surface area contributed by atoms with Gasteiger partial charge in [0.25, 0.3) is 0 Å². The number of carbonyl (C=O) groups is 1. The summed E-state index contributed by atoms with van der Waals surface area (Å²) in [5.74, 6) is 0.668. The third-order valence-electron chi connectivity index (χ3n) is 4.18. The van der Waals surface area contributed by atoms with Crippen molar-refractivity contribution >= 4 is 5.91 Å². The molecule has 0 radical (unpaired) electrons. The second kappa shape index (κ2) is 7.39. The smallest absolute Gasteiger partial charge is 0.223 e. The monoisotopic (exact) mass is 278 g/mol. The summed E-state index contributed by atoms with van der Waals surface area (Å²) in [5, 5.41) is 2.98. The maximum Gasteiger partial charge on any atom is 0.223 e. The molecule has 1 aliphatic rings. The van der Waals surface area contributed by atoms with Gasteiger partial charge in [0.2, 0.25) is 5.91 Å². The molecule has 1 fully saturated rings. The van der Waals surface area contributed by atoms with Gasteiger partial charge in [-0.05, 0) is 62.3 Å². The average Bonchev–Trinajstić information content (AvgIpc) is 2.49. The summed E-state index contributed by atoms with van der Waals surface area (Å²) < 4.78 is 12.8. The minimum Gasteiger partial charge on any atom is -0.356 e. The maximum atomic E-state index is 12.8. The topological polar surface area (TPSA) is 55.1 Å². The number of rotatable bonds is 5. The zero-order valence-electron chi connectivity index (χ0n) is 11.8. The highest BCUT2D eigenvalue weighted by Crippen LogP contribution is 2.28. The third-order valence-corrected chi connectivity index (χ3v) is 4.18. The molecule has 3 N–H and O–H groups in total. The minimum atomic E-state index is -0.227. The molecule has 0 aromatic heterocycles. The van der Waals surface area contributed by atoms with Gasteiger partial charge in [0.15, 0.2) is 0 Å². The van der Waals surface area contributed by atoms with E-state index in [0.717, 1.165) is 44.2 Å². The fourth-order valence-electron chi connectivity index (χ4n) is 2.79. The lowest BCUT2D eigenvalue weighted by atomic mass is 9.81. The van der Waals surface area contributed by atoms with Crippen molar-refractivity contribution in [2.45, 2.75) is 32.1 Å². The van der Waals surface area contributed by atoms with E-state index >= 15 is 0 Å². The Morgan fingerprint density at radius 1 is 1.20 bits per heavy atom. The zero-order valence-corrected chi connectivity index (χ0v) is 11.8. The Balaban J connectivity index is 1.69. The molecular weight excluding hydrogens is 255 g/mol. The van der Waals surface area contributed by atoms with E-state index in [0.29, 0.717) is 12.5 Å². The first-order valence-corrected chi connectivity index (χ1v) is 7.41. The number of carbonyl (C=O) groups excluding carboxylic acids is 1. The van der Waals surface area contributed by atoms with Crippen molar-refractivity contribution in [3.8, 4) is 0 Å². The van der Waals surface area contributed by atoms with Crippen LogP contribution in [0.15, 0.2) is 24.3 Å². The lowest BCUT2D eigenvalue weighted by molar-refractivity contribution is -0.126. The molecule has 0 atom stereocenters. The van der Waals surface area contributed by atoms with Crippen molar-refractivity contribution in [3.63, 3.8) is 0 Å². The molecule has 0 bridgehead atoms. The molecule has 0 spiro atoms. The maximum absolute atomic E-state index is 12.8. The van der Waals surface area contributed by atoms with Crippen LogP contribution in [0.1, 0.15) is 31.2 Å². The van der Waals surface area contributed by atoms with Gasteiger partial charge >= 0.3 is 0 Å². The quantitative estimate of drug-likeness (QED) is 0.868. The van der Waals surface area contributed by atoms with Crippen LogP contribution in [0.3, 0.4) is 0 Å². The summed E-state index contributed by atoms with van der Waals surface area (Å²) >= 11 is 0. The third kappa shape index (κ3) is 4.30. The van der Waals surface area contributed by atoms with Crippen LogP contribution in [0.4, 0.5) is 4.39 Å². The van der Waals surface area contributed by atoms with Gasteiger partial charge in [-0.25, -0.2) is 4.39 Å². The first kappa shape index (κ1) is 15.0. The summed E-state index contributed by atoms with van der Waals surface area (Å²) in [6.45, 7) is 1.35. The Morgan fingerprint density at radius 2 is 1.85 bits per heavy atom. The Kier molecular flexibility index (Phi) is 5.53. The SMILES string of the molecule is NCC1CCC(C(=O)NCCc2ccc(F)cc2)CC1. The predicted molar refractivity (Wildman–Crippen MR) is 77.6 cm³/mol. The summed E-state index contributed by atoms with van der Waals surface area (Å²) in [6.07, 6.45) is 4.76. The fraction of sp³-hybridized carbons (Fsp3) is 0.562. The number of halogens is 1. The van der Waals surface area contributed by atoms with Crippen LogP contribution in [-0.4, -0.2) is 19.0 Å². The molecule has 110 valence electrons. The second-order valence-corrected chi connectivity index (χ2v) is 5.62. The van der Waals surface area contributed by atoms with E-state index in [-0.39, 0.29) is 17.6 Å². The van der Waals surface area contributed by atoms with Crippen LogP contribution in [0.25, 0.3) is 0 Å². The molecule has 4 heteroatoms. The fourth-order valence-corrected chi connectivity index (χ4v) is 2.79. The molecular formula is C16H23FN2O. The van der Waals surface area contributed by atoms with E-state index in [1.165, 1.54) is 12.1 Å². The van der Waals surface area contributed by atoms with E-state index in [1.807, 2.05) is 0 Å². The van der Waals surface area contributed by atoms with Crippen LogP contribution in [-0.2, 0) is 11.2 Å². The molecule has 1 aliphatic carbocycles. The van der Waals surface area contributed by atoms with Crippen molar-refractivity contribution < 1.29 is 9.18 Å². The Labute approximate surface area is 119 Å². The Morgan fingerprint density at radius 3 is 2.45 bits per heavy atom. The Bertz CT molecular complexity index is 425. The highest BCUT2D eigenvalue weighted by molar-refractivity contribution is 5.78. The molecule has 0 aliphatic heterocycles. The second-order valence-electron chi connectivity index (χ2n) is 5.62. The number of benzene rings is 1. The van der Waals surface area contributed by atoms with Gasteiger partial charge in [0, 0.05) is 12.5 Å². The van der Waals surface area contributed by atoms with Crippen molar-refractivity contribution in [2.24, 2.45) is 17.6 Å². The van der Waals surface area contributed by atoms with Gasteiger partial charge < -0.3 is 11.1 Å². The zero-order chi connectivity index (χ0) is 14.4. The van der Waals surface area contributed by atoms with E-state index in [2.05, 4.69) is 5.32 Å². The van der Waals surface area contributed by atoms with Gasteiger partial charge in [-0.15, -0.1) is 0 Å². The van der Waals surface area contributed by atoms with Gasteiger partial charge in [0.05, 0.1) is 0 Å². The van der Waals surface area contributed by atoms with E-state index in [9.17, 15) is 9.18 Å². The van der Waals surface area contributed by atoms with Gasteiger partial charge in [-0.3, -0.25) is 4.79 Å². The highest BCUT2D eigenvalue weighted by atomic mass is 19.1. The summed E-state index contributed by atoms with van der Waals surface area (Å²) in [6, 6.07) is 6.42. The van der Waals surface area contributed by atoms with Crippen molar-refractivity contribution in [2.75, 3.05) is 13.1 Å². The van der Waals surface area contributed by atoms with E-state index in [1.54, 1.807) is 12.1 Å². The molecule has 0 saturated heterocycles. The van der Waals surface area contributed by atoms with Crippen LogP contribution in [0.5, 0.6) is 0 Å². The van der Waals surface area contributed by atoms with Crippen molar-refractivity contribution in [3.05, 3.63) is 35.6 Å². The summed E-state index contributed by atoms with van der Waals surface area (Å²) in [7, 11) is 0. The molecule has 1 aromatic rings.